The van der Waals surface area contributed by atoms with Crippen LogP contribution in [0.3, 0.4) is 0 Å². The molecule has 3 nitrogen and oxygen atoms in total. The van der Waals surface area contributed by atoms with Crippen molar-refractivity contribution < 1.29 is 0 Å². The Kier molecular flexibility index (Phi) is 7.23. The van der Waals surface area contributed by atoms with Crippen LogP contribution in [0.5, 0.6) is 0 Å². The van der Waals surface area contributed by atoms with Crippen molar-refractivity contribution in [2.75, 3.05) is 9.80 Å². The minimum atomic E-state index is 0.632. The maximum atomic E-state index is 9.79. The quantitative estimate of drug-likeness (QED) is 0.127. The van der Waals surface area contributed by atoms with Gasteiger partial charge in [0.2, 0.25) is 0 Å². The number of hydrogen-bond acceptors (Lipinski definition) is 3. The number of para-hydroxylation sites is 2. The molecule has 0 aromatic heterocycles. The van der Waals surface area contributed by atoms with Crippen LogP contribution in [0, 0.1) is 11.3 Å². The first-order chi connectivity index (χ1) is 27.8. The van der Waals surface area contributed by atoms with E-state index in [1.807, 2.05) is 12.1 Å². The number of anilines is 6. The second kappa shape index (κ2) is 12.7. The molecule has 0 saturated heterocycles. The molecule has 0 aliphatic carbocycles. The summed E-state index contributed by atoms with van der Waals surface area (Å²) in [4.78, 5) is 4.77. The van der Waals surface area contributed by atoms with Gasteiger partial charge in [-0.05, 0) is 104 Å². The molecule has 11 aromatic rings. The molecule has 260 valence electrons. The van der Waals surface area contributed by atoms with Crippen LogP contribution in [-0.4, -0.2) is 0 Å². The highest BCUT2D eigenvalue weighted by Gasteiger charge is 2.24. The van der Waals surface area contributed by atoms with Crippen molar-refractivity contribution in [3.05, 3.63) is 206 Å². The molecule has 0 unspecified atom stereocenters. The molecule has 0 saturated carbocycles. The van der Waals surface area contributed by atoms with E-state index in [9.17, 15) is 5.26 Å². The van der Waals surface area contributed by atoms with Gasteiger partial charge >= 0.3 is 0 Å². The zero-order chi connectivity index (χ0) is 37.2. The molecule has 11 rings (SSSR count). The molecule has 0 radical (unpaired) electrons. The number of rotatable bonds is 6. The minimum absolute atomic E-state index is 0.632. The van der Waals surface area contributed by atoms with Gasteiger partial charge < -0.3 is 9.80 Å². The summed E-state index contributed by atoms with van der Waals surface area (Å²) in [6.07, 6.45) is 0. The predicted molar refractivity (Wildman–Crippen MR) is 237 cm³/mol. The maximum absolute atomic E-state index is 9.79. The minimum Gasteiger partial charge on any atom is -0.310 e. The Morgan fingerprint density at radius 3 is 1.29 bits per heavy atom. The third-order valence-electron chi connectivity index (χ3n) is 11.4. The van der Waals surface area contributed by atoms with E-state index >= 15 is 0 Å². The Balaban J connectivity index is 1.26. The molecule has 0 atom stereocenters. The van der Waals surface area contributed by atoms with E-state index in [2.05, 4.69) is 204 Å². The predicted octanol–water partition coefficient (Wildman–Crippen LogP) is 14.9. The average molecular weight is 712 g/mol. The molecule has 0 heterocycles. The summed E-state index contributed by atoms with van der Waals surface area (Å²) in [5.41, 5.74) is 7.13. The fraction of sp³-hybridized carbons (Fsp3) is 0. The first kappa shape index (κ1) is 31.8. The normalized spacial score (nSPS) is 11.6. The van der Waals surface area contributed by atoms with Crippen LogP contribution in [0.1, 0.15) is 5.56 Å². The highest BCUT2D eigenvalue weighted by Crippen LogP contribution is 2.51. The molecule has 0 amide bonds. The molecule has 0 aliphatic heterocycles. The van der Waals surface area contributed by atoms with Crippen molar-refractivity contribution in [2.24, 2.45) is 0 Å². The lowest BCUT2D eigenvalue weighted by Gasteiger charge is -2.30. The Morgan fingerprint density at radius 1 is 0.304 bits per heavy atom. The van der Waals surface area contributed by atoms with Gasteiger partial charge in [0.15, 0.2) is 0 Å². The Labute approximate surface area is 324 Å². The maximum Gasteiger partial charge on any atom is 0.0991 e. The van der Waals surface area contributed by atoms with Gasteiger partial charge in [-0.1, -0.05) is 133 Å². The molecular weight excluding hydrogens is 679 g/mol. The summed E-state index contributed by atoms with van der Waals surface area (Å²) < 4.78 is 0. The molecule has 11 aromatic carbocycles. The number of nitriles is 1. The second-order valence-corrected chi connectivity index (χ2v) is 14.4. The van der Waals surface area contributed by atoms with Crippen molar-refractivity contribution >= 4 is 98.8 Å². The van der Waals surface area contributed by atoms with Crippen molar-refractivity contribution in [3.63, 3.8) is 0 Å². The molecule has 3 heteroatoms. The standard InChI is InChI=1S/C53H33N3/c54-34-35-23-25-39(26-24-35)56(51-33-36-13-7-8-18-40(36)41-19-11-12-22-44(41)51)50-32-30-46-43-21-10-9-20-42(43)45-29-31-49(47-27-28-48(50)53(46)52(45)47)55(37-14-3-1-4-15-37)38-16-5-2-6-17-38/h1-33H. The van der Waals surface area contributed by atoms with Gasteiger partial charge in [0.05, 0.1) is 28.7 Å². The van der Waals surface area contributed by atoms with Gasteiger partial charge in [0, 0.05) is 44.0 Å². The lowest BCUT2D eigenvalue weighted by Crippen LogP contribution is -2.12. The largest absolute Gasteiger partial charge is 0.310 e. The second-order valence-electron chi connectivity index (χ2n) is 14.4. The Bertz CT molecular complexity index is 3270. The van der Waals surface area contributed by atoms with Crippen LogP contribution in [-0.2, 0) is 0 Å². The van der Waals surface area contributed by atoms with Crippen LogP contribution >= 0.6 is 0 Å². The smallest absolute Gasteiger partial charge is 0.0991 e. The van der Waals surface area contributed by atoms with Gasteiger partial charge in [0.25, 0.3) is 0 Å². The number of hydrogen-bond donors (Lipinski definition) is 0. The fourth-order valence-corrected chi connectivity index (χ4v) is 8.95. The van der Waals surface area contributed by atoms with Crippen molar-refractivity contribution in [3.8, 4) is 6.07 Å². The average Bonchev–Trinajstić information content (AvgIpc) is 3.27. The summed E-state index contributed by atoms with van der Waals surface area (Å²) in [6, 6.07) is 73.9. The highest BCUT2D eigenvalue weighted by molar-refractivity contribution is 6.36. The summed E-state index contributed by atoms with van der Waals surface area (Å²) in [5, 5.41) is 24.3. The Hall–Kier alpha value is -7.67. The fourth-order valence-electron chi connectivity index (χ4n) is 8.95. The van der Waals surface area contributed by atoms with Gasteiger partial charge in [-0.2, -0.15) is 5.26 Å². The van der Waals surface area contributed by atoms with Gasteiger partial charge in [-0.3, -0.25) is 0 Å². The molecule has 0 fully saturated rings. The van der Waals surface area contributed by atoms with Crippen molar-refractivity contribution in [1.29, 1.82) is 5.26 Å². The molecule has 56 heavy (non-hydrogen) atoms. The summed E-state index contributed by atoms with van der Waals surface area (Å²) in [7, 11) is 0. The van der Waals surface area contributed by atoms with E-state index in [1.165, 1.54) is 53.9 Å². The first-order valence-corrected chi connectivity index (χ1v) is 19.0. The Morgan fingerprint density at radius 2 is 0.732 bits per heavy atom. The monoisotopic (exact) mass is 711 g/mol. The topological polar surface area (TPSA) is 30.3 Å². The lowest BCUT2D eigenvalue weighted by atomic mass is 9.87. The van der Waals surface area contributed by atoms with E-state index in [0.717, 1.165) is 44.9 Å². The molecule has 0 aliphatic rings. The molecule has 0 N–H and O–H groups in total. The molecular formula is C53H33N3. The van der Waals surface area contributed by atoms with Gasteiger partial charge in [0.1, 0.15) is 0 Å². The van der Waals surface area contributed by atoms with Gasteiger partial charge in [-0.25, -0.2) is 0 Å². The van der Waals surface area contributed by atoms with Gasteiger partial charge in [-0.15, -0.1) is 0 Å². The van der Waals surface area contributed by atoms with Crippen LogP contribution in [0.4, 0.5) is 34.1 Å². The van der Waals surface area contributed by atoms with Crippen molar-refractivity contribution in [2.45, 2.75) is 0 Å². The van der Waals surface area contributed by atoms with Crippen LogP contribution < -0.4 is 9.80 Å². The van der Waals surface area contributed by atoms with E-state index in [1.54, 1.807) is 0 Å². The van der Waals surface area contributed by atoms with E-state index in [4.69, 9.17) is 0 Å². The lowest BCUT2D eigenvalue weighted by molar-refractivity contribution is 1.30. The highest BCUT2D eigenvalue weighted by atomic mass is 15.2. The van der Waals surface area contributed by atoms with E-state index in [-0.39, 0.29) is 0 Å². The summed E-state index contributed by atoms with van der Waals surface area (Å²) in [5.74, 6) is 0. The number of benzene rings is 11. The van der Waals surface area contributed by atoms with Crippen LogP contribution in [0.2, 0.25) is 0 Å². The van der Waals surface area contributed by atoms with Crippen LogP contribution in [0.15, 0.2) is 200 Å². The first-order valence-electron chi connectivity index (χ1n) is 19.0. The molecule has 0 bridgehead atoms. The third-order valence-corrected chi connectivity index (χ3v) is 11.4. The SMILES string of the molecule is N#Cc1ccc(N(c2cc3ccccc3c3ccccc23)c2ccc3c4ccccc4c4ccc(N(c5ccccc5)c5ccccc5)c5ccc2c3c54)cc1. The third kappa shape index (κ3) is 4.83. The zero-order valence-corrected chi connectivity index (χ0v) is 30.4. The number of nitrogens with zero attached hydrogens (tertiary/aromatic N) is 3. The number of fused-ring (bicyclic) bond motifs is 6. The zero-order valence-electron chi connectivity index (χ0n) is 30.4. The molecule has 0 spiro atoms. The summed E-state index contributed by atoms with van der Waals surface area (Å²) >= 11 is 0. The van der Waals surface area contributed by atoms with E-state index in [0.29, 0.717) is 5.56 Å². The van der Waals surface area contributed by atoms with E-state index < -0.39 is 0 Å². The van der Waals surface area contributed by atoms with Crippen LogP contribution in [0.25, 0.3) is 64.6 Å². The van der Waals surface area contributed by atoms with Crippen molar-refractivity contribution in [1.82, 2.24) is 0 Å². The summed E-state index contributed by atoms with van der Waals surface area (Å²) in [6.45, 7) is 0.